The second kappa shape index (κ2) is 6.12. The molecule has 0 amide bonds. The fraction of sp³-hybridized carbons (Fsp3) is 0.471. The number of aryl methyl sites for hydroxylation is 1. The molecule has 0 aliphatic heterocycles. The molecule has 1 aliphatic carbocycles. The van der Waals surface area contributed by atoms with Crippen molar-refractivity contribution < 1.29 is 0 Å². The van der Waals surface area contributed by atoms with Crippen LogP contribution in [0, 0.1) is 12.8 Å². The third-order valence-corrected chi connectivity index (χ3v) is 4.13. The van der Waals surface area contributed by atoms with E-state index < -0.39 is 0 Å². The van der Waals surface area contributed by atoms with Crippen molar-refractivity contribution in [1.29, 1.82) is 0 Å². The van der Waals surface area contributed by atoms with Crippen molar-refractivity contribution in [2.24, 2.45) is 5.92 Å². The lowest BCUT2D eigenvalue weighted by molar-refractivity contribution is 0.373. The van der Waals surface area contributed by atoms with Gasteiger partial charge in [-0.2, -0.15) is 0 Å². The third kappa shape index (κ3) is 3.03. The molecule has 0 bridgehead atoms. The van der Waals surface area contributed by atoms with Gasteiger partial charge in [0.25, 0.3) is 0 Å². The minimum atomic E-state index is 0.810. The van der Waals surface area contributed by atoms with E-state index in [-0.39, 0.29) is 0 Å². The zero-order chi connectivity index (χ0) is 13.8. The van der Waals surface area contributed by atoms with Gasteiger partial charge in [-0.05, 0) is 37.8 Å². The summed E-state index contributed by atoms with van der Waals surface area (Å²) in [7, 11) is 0. The molecule has 3 heteroatoms. The number of rotatable bonds is 4. The van der Waals surface area contributed by atoms with E-state index in [0.717, 1.165) is 24.1 Å². The lowest BCUT2D eigenvalue weighted by Crippen LogP contribution is -2.18. The van der Waals surface area contributed by atoms with Crippen LogP contribution < -0.4 is 5.32 Å². The molecule has 1 aromatic carbocycles. The van der Waals surface area contributed by atoms with Crippen LogP contribution in [0.4, 0.5) is 5.95 Å². The summed E-state index contributed by atoms with van der Waals surface area (Å²) >= 11 is 0. The Labute approximate surface area is 121 Å². The van der Waals surface area contributed by atoms with Gasteiger partial charge in [0.2, 0.25) is 5.95 Å². The Bertz CT molecular complexity index is 539. The SMILES string of the molecule is Cc1cn(-c2ccccc2)c(NCC2CCCCC2)n1. The maximum Gasteiger partial charge on any atom is 0.207 e. The second-order valence-electron chi connectivity index (χ2n) is 5.80. The van der Waals surface area contributed by atoms with Crippen molar-refractivity contribution in [3.63, 3.8) is 0 Å². The number of hydrogen-bond acceptors (Lipinski definition) is 2. The summed E-state index contributed by atoms with van der Waals surface area (Å²) in [6.45, 7) is 3.09. The first kappa shape index (κ1) is 13.2. The molecular weight excluding hydrogens is 246 g/mol. The molecule has 0 radical (unpaired) electrons. The van der Waals surface area contributed by atoms with Crippen molar-refractivity contribution >= 4 is 5.95 Å². The zero-order valence-electron chi connectivity index (χ0n) is 12.2. The number of nitrogens with one attached hydrogen (secondary N) is 1. The second-order valence-corrected chi connectivity index (χ2v) is 5.80. The molecule has 0 spiro atoms. The van der Waals surface area contributed by atoms with E-state index in [9.17, 15) is 0 Å². The van der Waals surface area contributed by atoms with Gasteiger partial charge in [0.15, 0.2) is 0 Å². The summed E-state index contributed by atoms with van der Waals surface area (Å²) in [5.41, 5.74) is 2.22. The molecule has 0 unspecified atom stereocenters. The number of anilines is 1. The summed E-state index contributed by atoms with van der Waals surface area (Å²) in [5, 5.41) is 3.55. The van der Waals surface area contributed by atoms with Crippen LogP contribution in [0.2, 0.25) is 0 Å². The van der Waals surface area contributed by atoms with Gasteiger partial charge in [-0.25, -0.2) is 4.98 Å². The minimum absolute atomic E-state index is 0.810. The molecule has 3 rings (SSSR count). The smallest absolute Gasteiger partial charge is 0.207 e. The largest absolute Gasteiger partial charge is 0.355 e. The molecule has 106 valence electrons. The maximum atomic E-state index is 4.62. The van der Waals surface area contributed by atoms with Gasteiger partial charge in [0.1, 0.15) is 0 Å². The van der Waals surface area contributed by atoms with Crippen LogP contribution in [0.15, 0.2) is 36.5 Å². The molecule has 1 N–H and O–H groups in total. The summed E-state index contributed by atoms with van der Waals surface area (Å²) in [6, 6.07) is 10.4. The fourth-order valence-electron chi connectivity index (χ4n) is 3.03. The molecule has 1 fully saturated rings. The Balaban J connectivity index is 1.73. The van der Waals surface area contributed by atoms with Crippen molar-refractivity contribution in [3.8, 4) is 5.69 Å². The van der Waals surface area contributed by atoms with Gasteiger partial charge in [-0.1, -0.05) is 37.5 Å². The molecule has 1 aromatic heterocycles. The third-order valence-electron chi connectivity index (χ3n) is 4.13. The van der Waals surface area contributed by atoms with Crippen LogP contribution in [0.5, 0.6) is 0 Å². The number of hydrogen-bond donors (Lipinski definition) is 1. The lowest BCUT2D eigenvalue weighted by atomic mass is 9.89. The van der Waals surface area contributed by atoms with E-state index in [0.29, 0.717) is 0 Å². The predicted octanol–water partition coefficient (Wildman–Crippen LogP) is 4.17. The highest BCUT2D eigenvalue weighted by molar-refractivity contribution is 5.42. The standard InChI is InChI=1S/C17H23N3/c1-14-13-20(16-10-6-3-7-11-16)17(19-14)18-12-15-8-4-2-5-9-15/h3,6-7,10-11,13,15H,2,4-5,8-9,12H2,1H3,(H,18,19). The molecule has 0 saturated heterocycles. The van der Waals surface area contributed by atoms with Crippen LogP contribution in [0.3, 0.4) is 0 Å². The van der Waals surface area contributed by atoms with Crippen molar-refractivity contribution in [2.45, 2.75) is 39.0 Å². The zero-order valence-corrected chi connectivity index (χ0v) is 12.2. The first-order valence-corrected chi connectivity index (χ1v) is 7.68. The van der Waals surface area contributed by atoms with Gasteiger partial charge in [0.05, 0.1) is 5.69 Å². The number of nitrogens with zero attached hydrogens (tertiary/aromatic N) is 2. The van der Waals surface area contributed by atoms with E-state index in [1.165, 1.54) is 37.8 Å². The van der Waals surface area contributed by atoms with Crippen LogP contribution in [-0.4, -0.2) is 16.1 Å². The highest BCUT2D eigenvalue weighted by Gasteiger charge is 2.14. The molecule has 1 saturated carbocycles. The molecule has 1 aliphatic rings. The van der Waals surface area contributed by atoms with Gasteiger partial charge < -0.3 is 5.32 Å². The maximum absolute atomic E-state index is 4.62. The first-order valence-electron chi connectivity index (χ1n) is 7.68. The predicted molar refractivity (Wildman–Crippen MR) is 83.4 cm³/mol. The topological polar surface area (TPSA) is 29.9 Å². The Morgan fingerprint density at radius 3 is 2.65 bits per heavy atom. The van der Waals surface area contributed by atoms with Crippen molar-refractivity contribution in [2.75, 3.05) is 11.9 Å². The highest BCUT2D eigenvalue weighted by atomic mass is 15.2. The Kier molecular flexibility index (Phi) is 4.05. The molecule has 2 aromatic rings. The van der Waals surface area contributed by atoms with Crippen molar-refractivity contribution in [3.05, 3.63) is 42.2 Å². The Morgan fingerprint density at radius 1 is 1.15 bits per heavy atom. The van der Waals surface area contributed by atoms with Gasteiger partial charge in [0, 0.05) is 18.4 Å². The summed E-state index contributed by atoms with van der Waals surface area (Å²) < 4.78 is 2.15. The van der Waals surface area contributed by atoms with E-state index in [4.69, 9.17) is 0 Å². The van der Waals surface area contributed by atoms with Crippen LogP contribution in [0.1, 0.15) is 37.8 Å². The normalized spacial score (nSPS) is 16.2. The van der Waals surface area contributed by atoms with E-state index in [1.807, 2.05) is 13.0 Å². The van der Waals surface area contributed by atoms with Gasteiger partial charge >= 0.3 is 0 Å². The van der Waals surface area contributed by atoms with Crippen LogP contribution in [0.25, 0.3) is 5.69 Å². The molecule has 1 heterocycles. The highest BCUT2D eigenvalue weighted by Crippen LogP contribution is 2.24. The first-order chi connectivity index (χ1) is 9.83. The minimum Gasteiger partial charge on any atom is -0.355 e. The van der Waals surface area contributed by atoms with E-state index >= 15 is 0 Å². The number of aromatic nitrogens is 2. The van der Waals surface area contributed by atoms with E-state index in [2.05, 4.69) is 45.3 Å². The van der Waals surface area contributed by atoms with Crippen molar-refractivity contribution in [1.82, 2.24) is 9.55 Å². The number of benzene rings is 1. The summed E-state index contributed by atoms with van der Waals surface area (Å²) in [4.78, 5) is 4.62. The van der Waals surface area contributed by atoms with Gasteiger partial charge in [-0.15, -0.1) is 0 Å². The summed E-state index contributed by atoms with van der Waals surface area (Å²) in [6.07, 6.45) is 9.00. The molecule has 0 atom stereocenters. The Morgan fingerprint density at radius 2 is 1.90 bits per heavy atom. The molecule has 3 nitrogen and oxygen atoms in total. The quantitative estimate of drug-likeness (QED) is 0.902. The van der Waals surface area contributed by atoms with E-state index in [1.54, 1.807) is 0 Å². The number of imidazole rings is 1. The monoisotopic (exact) mass is 269 g/mol. The number of para-hydroxylation sites is 1. The molecular formula is C17H23N3. The Hall–Kier alpha value is -1.77. The van der Waals surface area contributed by atoms with Crippen LogP contribution >= 0.6 is 0 Å². The summed E-state index contributed by atoms with van der Waals surface area (Å²) in [5.74, 6) is 1.78. The lowest BCUT2D eigenvalue weighted by Gasteiger charge is -2.22. The average molecular weight is 269 g/mol. The fourth-order valence-corrected chi connectivity index (χ4v) is 3.03. The van der Waals surface area contributed by atoms with Crippen LogP contribution in [-0.2, 0) is 0 Å². The average Bonchev–Trinajstić information content (AvgIpc) is 2.88. The van der Waals surface area contributed by atoms with Gasteiger partial charge in [-0.3, -0.25) is 4.57 Å². The molecule has 20 heavy (non-hydrogen) atoms.